The molecule has 1 amide bonds. The zero-order valence-corrected chi connectivity index (χ0v) is 18.0. The van der Waals surface area contributed by atoms with E-state index in [0.29, 0.717) is 49.8 Å². The molecule has 0 bridgehead atoms. The molecule has 168 valence electrons. The van der Waals surface area contributed by atoms with Crippen LogP contribution in [0.15, 0.2) is 18.2 Å². The molecule has 0 saturated carbocycles. The molecular weight excluding hydrogens is 384 g/mol. The highest BCUT2D eigenvalue weighted by atomic mass is 16.6. The maximum Gasteiger partial charge on any atom is 0.220 e. The summed E-state index contributed by atoms with van der Waals surface area (Å²) in [6, 6.07) is 4.96. The molecule has 0 radical (unpaired) electrons. The summed E-state index contributed by atoms with van der Waals surface area (Å²) in [5.41, 5.74) is 0.687. The van der Waals surface area contributed by atoms with E-state index in [9.17, 15) is 15.0 Å². The van der Waals surface area contributed by atoms with Crippen LogP contribution in [0.1, 0.15) is 63.5 Å². The van der Waals surface area contributed by atoms with Crippen molar-refractivity contribution in [1.82, 2.24) is 10.2 Å². The van der Waals surface area contributed by atoms with Crippen LogP contribution in [0, 0.1) is 0 Å². The predicted octanol–water partition coefficient (Wildman–Crippen LogP) is 2.40. The third kappa shape index (κ3) is 6.59. The van der Waals surface area contributed by atoms with Crippen molar-refractivity contribution in [2.24, 2.45) is 0 Å². The number of carbonyl (C=O) groups excluding carboxylic acids is 1. The van der Waals surface area contributed by atoms with Gasteiger partial charge in [0.2, 0.25) is 5.91 Å². The molecule has 3 rings (SSSR count). The van der Waals surface area contributed by atoms with Crippen LogP contribution in [0.5, 0.6) is 11.5 Å². The number of fused-ring (bicyclic) bond motifs is 1. The molecule has 2 heterocycles. The van der Waals surface area contributed by atoms with Gasteiger partial charge in [0, 0.05) is 26.1 Å². The van der Waals surface area contributed by atoms with Gasteiger partial charge >= 0.3 is 0 Å². The fourth-order valence-corrected chi connectivity index (χ4v) is 4.12. The Labute approximate surface area is 179 Å². The highest BCUT2D eigenvalue weighted by molar-refractivity contribution is 5.76. The molecule has 2 aliphatic heterocycles. The number of unbranched alkanes of at least 4 members (excludes halogenated alkanes) is 4. The van der Waals surface area contributed by atoms with E-state index in [2.05, 4.69) is 17.1 Å². The zero-order valence-electron chi connectivity index (χ0n) is 18.0. The van der Waals surface area contributed by atoms with E-state index in [1.165, 1.54) is 12.8 Å². The van der Waals surface area contributed by atoms with E-state index in [-0.39, 0.29) is 12.0 Å². The van der Waals surface area contributed by atoms with Crippen LogP contribution in [0.4, 0.5) is 0 Å². The first-order chi connectivity index (χ1) is 14.6. The summed E-state index contributed by atoms with van der Waals surface area (Å²) in [6.07, 6.45) is 5.42. The van der Waals surface area contributed by atoms with E-state index in [4.69, 9.17) is 9.47 Å². The number of aliphatic hydroxyl groups is 2. The zero-order chi connectivity index (χ0) is 21.3. The second-order valence-corrected chi connectivity index (χ2v) is 8.39. The van der Waals surface area contributed by atoms with Crippen molar-refractivity contribution in [2.75, 3.05) is 32.8 Å². The van der Waals surface area contributed by atoms with Gasteiger partial charge in [-0.25, -0.2) is 0 Å². The maximum atomic E-state index is 12.6. The van der Waals surface area contributed by atoms with Gasteiger partial charge in [-0.2, -0.15) is 0 Å². The van der Waals surface area contributed by atoms with Gasteiger partial charge in [0.1, 0.15) is 19.3 Å². The molecule has 0 aromatic heterocycles. The number of β-amino-alcohol motifs (C(OH)–C–C–N with tert-alkyl or cyclic N) is 1. The third-order valence-electron chi connectivity index (χ3n) is 5.85. The number of nitrogens with zero attached hydrogens (tertiary/aromatic N) is 1. The van der Waals surface area contributed by atoms with Gasteiger partial charge in [-0.1, -0.05) is 38.7 Å². The number of likely N-dealkylation sites (tertiary alicyclic amines) is 1. The van der Waals surface area contributed by atoms with Gasteiger partial charge < -0.3 is 25.0 Å². The van der Waals surface area contributed by atoms with Crippen LogP contribution < -0.4 is 14.8 Å². The Morgan fingerprint density at radius 2 is 1.97 bits per heavy atom. The lowest BCUT2D eigenvalue weighted by Gasteiger charge is -2.29. The second kappa shape index (κ2) is 11.5. The van der Waals surface area contributed by atoms with Crippen molar-refractivity contribution in [3.63, 3.8) is 0 Å². The fourth-order valence-electron chi connectivity index (χ4n) is 4.12. The third-order valence-corrected chi connectivity index (χ3v) is 5.85. The summed E-state index contributed by atoms with van der Waals surface area (Å²) in [4.78, 5) is 14.7. The van der Waals surface area contributed by atoms with Crippen LogP contribution in [-0.4, -0.2) is 66.0 Å². The van der Waals surface area contributed by atoms with E-state index in [1.807, 2.05) is 6.07 Å². The summed E-state index contributed by atoms with van der Waals surface area (Å²) in [5.74, 6) is 1.26. The molecule has 7 nitrogen and oxygen atoms in total. The van der Waals surface area contributed by atoms with E-state index >= 15 is 0 Å². The topological polar surface area (TPSA) is 91.3 Å². The van der Waals surface area contributed by atoms with Crippen LogP contribution >= 0.6 is 0 Å². The normalized spacial score (nSPS) is 20.7. The van der Waals surface area contributed by atoms with Gasteiger partial charge in [-0.15, -0.1) is 0 Å². The van der Waals surface area contributed by atoms with E-state index in [1.54, 1.807) is 12.1 Å². The maximum absolute atomic E-state index is 12.6. The number of hydrogen-bond acceptors (Lipinski definition) is 6. The molecule has 3 atom stereocenters. The molecule has 2 unspecified atom stereocenters. The van der Waals surface area contributed by atoms with E-state index < -0.39 is 12.1 Å². The molecule has 1 fully saturated rings. The highest BCUT2D eigenvalue weighted by Crippen LogP contribution is 2.33. The van der Waals surface area contributed by atoms with Gasteiger partial charge in [0.05, 0.1) is 12.1 Å². The highest BCUT2D eigenvalue weighted by Gasteiger charge is 2.29. The van der Waals surface area contributed by atoms with Crippen LogP contribution in [0.2, 0.25) is 0 Å². The SMILES string of the molecule is CCCCCCCC(=O)N[C@H](CN1CCC(O)C1)C(O)c1ccc2c(c1)OCCO2. The first kappa shape index (κ1) is 22.8. The average molecular weight is 421 g/mol. The van der Waals surface area contributed by atoms with Crippen molar-refractivity contribution in [1.29, 1.82) is 0 Å². The average Bonchev–Trinajstić information content (AvgIpc) is 3.17. The molecule has 7 heteroatoms. The number of ether oxygens (including phenoxy) is 2. The smallest absolute Gasteiger partial charge is 0.220 e. The van der Waals surface area contributed by atoms with Gasteiger partial charge in [0.25, 0.3) is 0 Å². The molecule has 2 aliphatic rings. The molecular formula is C23H36N2O5. The second-order valence-electron chi connectivity index (χ2n) is 8.39. The minimum Gasteiger partial charge on any atom is -0.486 e. The van der Waals surface area contributed by atoms with Crippen LogP contribution in [0.3, 0.4) is 0 Å². The number of amides is 1. The van der Waals surface area contributed by atoms with Crippen LogP contribution in [-0.2, 0) is 4.79 Å². The first-order valence-electron chi connectivity index (χ1n) is 11.3. The predicted molar refractivity (Wildman–Crippen MR) is 115 cm³/mol. The Balaban J connectivity index is 1.63. The van der Waals surface area contributed by atoms with Crippen LogP contribution in [0.25, 0.3) is 0 Å². The minimum atomic E-state index is -0.873. The van der Waals surface area contributed by atoms with Gasteiger partial charge in [-0.3, -0.25) is 9.69 Å². The lowest BCUT2D eigenvalue weighted by Crippen LogP contribution is -2.47. The molecule has 0 spiro atoms. The Hall–Kier alpha value is -1.83. The quantitative estimate of drug-likeness (QED) is 0.476. The van der Waals surface area contributed by atoms with Gasteiger partial charge in [-0.05, 0) is 30.5 Å². The summed E-state index contributed by atoms with van der Waals surface area (Å²) in [6.45, 7) is 5.00. The number of carbonyl (C=O) groups is 1. The minimum absolute atomic E-state index is 0.0344. The number of aliphatic hydroxyl groups excluding tert-OH is 2. The van der Waals surface area contributed by atoms with Crippen molar-refractivity contribution in [3.8, 4) is 11.5 Å². The molecule has 0 aliphatic carbocycles. The number of benzene rings is 1. The Morgan fingerprint density at radius 1 is 1.20 bits per heavy atom. The number of hydrogen-bond donors (Lipinski definition) is 3. The van der Waals surface area contributed by atoms with Crippen molar-refractivity contribution < 1.29 is 24.5 Å². The number of nitrogens with one attached hydrogen (secondary N) is 1. The van der Waals surface area contributed by atoms with E-state index in [0.717, 1.165) is 32.2 Å². The summed E-state index contributed by atoms with van der Waals surface area (Å²) >= 11 is 0. The Kier molecular flexibility index (Phi) is 8.78. The largest absolute Gasteiger partial charge is 0.486 e. The Morgan fingerprint density at radius 3 is 2.70 bits per heavy atom. The standard InChI is InChI=1S/C23H36N2O5/c1-2-3-4-5-6-7-22(27)24-19(16-25-11-10-18(26)15-25)23(28)17-8-9-20-21(14-17)30-13-12-29-20/h8-9,14,18-19,23,26,28H,2-7,10-13,15-16H2,1H3,(H,24,27)/t18?,19-,23?/m1/s1. The Bertz CT molecular complexity index is 684. The molecule has 1 aromatic rings. The first-order valence-corrected chi connectivity index (χ1v) is 11.3. The van der Waals surface area contributed by atoms with Crippen molar-refractivity contribution in [3.05, 3.63) is 23.8 Å². The van der Waals surface area contributed by atoms with Gasteiger partial charge in [0.15, 0.2) is 11.5 Å². The monoisotopic (exact) mass is 420 g/mol. The fraction of sp³-hybridized carbons (Fsp3) is 0.696. The van der Waals surface area contributed by atoms with Crippen molar-refractivity contribution in [2.45, 2.75) is 70.1 Å². The number of rotatable bonds is 11. The summed E-state index contributed by atoms with van der Waals surface area (Å²) in [7, 11) is 0. The summed E-state index contributed by atoms with van der Waals surface area (Å²) in [5, 5.41) is 24.0. The lowest BCUT2D eigenvalue weighted by molar-refractivity contribution is -0.123. The molecule has 1 saturated heterocycles. The lowest BCUT2D eigenvalue weighted by atomic mass is 10.0. The molecule has 1 aromatic carbocycles. The summed E-state index contributed by atoms with van der Waals surface area (Å²) < 4.78 is 11.2. The molecule has 30 heavy (non-hydrogen) atoms. The van der Waals surface area contributed by atoms with Crippen molar-refractivity contribution >= 4 is 5.91 Å². The molecule has 3 N–H and O–H groups in total.